The van der Waals surface area contributed by atoms with Crippen LogP contribution in [0.5, 0.6) is 5.75 Å². The van der Waals surface area contributed by atoms with Crippen LogP contribution in [0.3, 0.4) is 0 Å². The Kier molecular flexibility index (Phi) is 5.08. The number of benzene rings is 1. The van der Waals surface area contributed by atoms with Gasteiger partial charge in [0.25, 0.3) is 11.8 Å². The first kappa shape index (κ1) is 19.8. The first-order chi connectivity index (χ1) is 14.4. The number of carbonyl (C=O) groups excluding carboxylic acids is 2. The molecule has 1 aliphatic rings. The van der Waals surface area contributed by atoms with Gasteiger partial charge in [0, 0.05) is 50.0 Å². The number of rotatable bonds is 4. The molecule has 0 aliphatic carbocycles. The van der Waals surface area contributed by atoms with Crippen LogP contribution >= 0.6 is 11.3 Å². The molecule has 154 valence electrons. The number of aromatic nitrogens is 2. The van der Waals surface area contributed by atoms with Crippen LogP contribution < -0.4 is 10.7 Å². The van der Waals surface area contributed by atoms with Gasteiger partial charge >= 0.3 is 0 Å². The Labute approximate surface area is 174 Å². The van der Waals surface area contributed by atoms with Gasteiger partial charge in [-0.25, -0.2) is 9.37 Å². The van der Waals surface area contributed by atoms with Gasteiger partial charge in [-0.2, -0.15) is 0 Å². The molecule has 30 heavy (non-hydrogen) atoms. The molecular weight excluding hydrogens is 411 g/mol. The molecule has 3 heterocycles. The van der Waals surface area contributed by atoms with E-state index >= 15 is 0 Å². The number of nitrogens with zero attached hydrogens (tertiary/aromatic N) is 3. The minimum atomic E-state index is -0.667. The van der Waals surface area contributed by atoms with Crippen molar-refractivity contribution in [1.29, 1.82) is 0 Å². The van der Waals surface area contributed by atoms with Crippen LogP contribution in [-0.2, 0) is 13.1 Å². The van der Waals surface area contributed by atoms with Crippen molar-refractivity contribution in [2.45, 2.75) is 13.1 Å². The van der Waals surface area contributed by atoms with E-state index < -0.39 is 28.8 Å². The fourth-order valence-corrected chi connectivity index (χ4v) is 4.07. The zero-order valence-electron chi connectivity index (χ0n) is 15.9. The third-order valence-electron chi connectivity index (χ3n) is 4.92. The SMILES string of the molecule is CNC(=O)c1cc(F)ccc1CN1CCn2cc(-c3nccs3)c(=O)c(O)c2C1=O. The van der Waals surface area contributed by atoms with Crippen LogP contribution in [0, 0.1) is 5.82 Å². The van der Waals surface area contributed by atoms with Gasteiger partial charge in [-0.05, 0) is 17.7 Å². The molecule has 8 nitrogen and oxygen atoms in total. The summed E-state index contributed by atoms with van der Waals surface area (Å²) in [4.78, 5) is 43.2. The molecule has 0 saturated heterocycles. The molecule has 0 spiro atoms. The molecule has 1 aromatic carbocycles. The molecule has 1 aliphatic heterocycles. The fourth-order valence-electron chi connectivity index (χ4n) is 3.43. The van der Waals surface area contributed by atoms with Crippen molar-refractivity contribution in [3.8, 4) is 16.3 Å². The van der Waals surface area contributed by atoms with E-state index in [0.717, 1.165) is 6.07 Å². The summed E-state index contributed by atoms with van der Waals surface area (Å²) in [7, 11) is 1.43. The molecule has 2 N–H and O–H groups in total. The second-order valence-corrected chi connectivity index (χ2v) is 7.60. The lowest BCUT2D eigenvalue weighted by Gasteiger charge is -2.31. The quantitative estimate of drug-likeness (QED) is 0.660. The van der Waals surface area contributed by atoms with E-state index in [1.807, 2.05) is 0 Å². The smallest absolute Gasteiger partial charge is 0.274 e. The molecule has 10 heteroatoms. The summed E-state index contributed by atoms with van der Waals surface area (Å²) in [6, 6.07) is 3.77. The Hall–Kier alpha value is -3.53. The topological polar surface area (TPSA) is 105 Å². The van der Waals surface area contributed by atoms with Crippen molar-refractivity contribution in [2.24, 2.45) is 0 Å². The molecule has 0 atom stereocenters. The van der Waals surface area contributed by atoms with Crippen LogP contribution in [0.1, 0.15) is 26.4 Å². The van der Waals surface area contributed by atoms with E-state index in [1.54, 1.807) is 11.6 Å². The van der Waals surface area contributed by atoms with Crippen LogP contribution in [0.4, 0.5) is 4.39 Å². The molecule has 0 fully saturated rings. The van der Waals surface area contributed by atoms with Crippen molar-refractivity contribution in [3.63, 3.8) is 0 Å². The minimum absolute atomic E-state index is 0.0315. The van der Waals surface area contributed by atoms with Crippen LogP contribution in [0.15, 0.2) is 40.8 Å². The third-order valence-corrected chi connectivity index (χ3v) is 5.73. The summed E-state index contributed by atoms with van der Waals surface area (Å²) in [5, 5.41) is 15.1. The number of amides is 2. The van der Waals surface area contributed by atoms with Crippen molar-refractivity contribution >= 4 is 23.2 Å². The Morgan fingerprint density at radius 2 is 2.13 bits per heavy atom. The van der Waals surface area contributed by atoms with Crippen molar-refractivity contribution in [2.75, 3.05) is 13.6 Å². The Bertz CT molecular complexity index is 1210. The van der Waals surface area contributed by atoms with Gasteiger partial charge in [0.2, 0.25) is 5.43 Å². The molecule has 0 saturated carbocycles. The molecule has 0 radical (unpaired) electrons. The lowest BCUT2D eigenvalue weighted by molar-refractivity contribution is 0.0681. The summed E-state index contributed by atoms with van der Waals surface area (Å²) in [5.74, 6) is -2.22. The number of pyridine rings is 1. The third kappa shape index (κ3) is 3.35. The van der Waals surface area contributed by atoms with Crippen LogP contribution in [0.2, 0.25) is 0 Å². The second-order valence-electron chi connectivity index (χ2n) is 6.71. The number of hydrogen-bond donors (Lipinski definition) is 2. The maximum absolute atomic E-state index is 13.6. The molecule has 4 rings (SSSR count). The highest BCUT2D eigenvalue weighted by molar-refractivity contribution is 7.13. The highest BCUT2D eigenvalue weighted by Gasteiger charge is 2.30. The van der Waals surface area contributed by atoms with Crippen LogP contribution in [-0.4, -0.2) is 45.0 Å². The summed E-state index contributed by atoms with van der Waals surface area (Å²) < 4.78 is 15.2. The summed E-state index contributed by atoms with van der Waals surface area (Å²) in [6.07, 6.45) is 3.08. The lowest BCUT2D eigenvalue weighted by Crippen LogP contribution is -2.41. The summed E-state index contributed by atoms with van der Waals surface area (Å²) in [6.45, 7) is 0.656. The fraction of sp³-hybridized carbons (Fsp3) is 0.200. The highest BCUT2D eigenvalue weighted by Crippen LogP contribution is 2.27. The zero-order valence-corrected chi connectivity index (χ0v) is 16.7. The normalized spacial score (nSPS) is 13.3. The lowest BCUT2D eigenvalue weighted by atomic mass is 10.0. The first-order valence-corrected chi connectivity index (χ1v) is 9.94. The molecule has 3 aromatic rings. The number of carbonyl (C=O) groups is 2. The molecule has 2 amide bonds. The Balaban J connectivity index is 1.70. The van der Waals surface area contributed by atoms with Crippen molar-refractivity contribution in [3.05, 3.63) is 68.8 Å². The molecule has 0 bridgehead atoms. The van der Waals surface area contributed by atoms with Gasteiger partial charge in [-0.1, -0.05) is 6.07 Å². The van der Waals surface area contributed by atoms with E-state index in [2.05, 4.69) is 10.3 Å². The van der Waals surface area contributed by atoms with Crippen LogP contribution in [0.25, 0.3) is 10.6 Å². The first-order valence-electron chi connectivity index (χ1n) is 9.06. The number of halogens is 1. The molecule has 0 unspecified atom stereocenters. The number of aromatic hydroxyl groups is 1. The van der Waals surface area contributed by atoms with E-state index in [1.165, 1.54) is 46.2 Å². The summed E-state index contributed by atoms with van der Waals surface area (Å²) in [5.41, 5.74) is 0.0257. The van der Waals surface area contributed by atoms with E-state index in [4.69, 9.17) is 0 Å². The number of hydrogen-bond acceptors (Lipinski definition) is 6. The Morgan fingerprint density at radius 1 is 1.33 bits per heavy atom. The Morgan fingerprint density at radius 3 is 2.83 bits per heavy atom. The van der Waals surface area contributed by atoms with Gasteiger partial charge in [0.1, 0.15) is 10.8 Å². The maximum atomic E-state index is 13.6. The van der Waals surface area contributed by atoms with Gasteiger partial charge in [0.05, 0.1) is 5.56 Å². The molecule has 2 aromatic heterocycles. The minimum Gasteiger partial charge on any atom is -0.503 e. The van der Waals surface area contributed by atoms with E-state index in [0.29, 0.717) is 17.1 Å². The standard InChI is InChI=1S/C20H17FN4O4S/c1-22-18(28)13-8-12(21)3-2-11(13)9-25-6-5-24-10-14(19-23-4-7-30-19)16(26)17(27)15(24)20(25)29/h2-4,7-8,10,27H,5-6,9H2,1H3,(H,22,28). The van der Waals surface area contributed by atoms with E-state index in [9.17, 15) is 23.9 Å². The average Bonchev–Trinajstić information content (AvgIpc) is 3.27. The zero-order chi connectivity index (χ0) is 21.4. The molecular formula is C20H17FN4O4S. The predicted molar refractivity (Wildman–Crippen MR) is 108 cm³/mol. The van der Waals surface area contributed by atoms with E-state index in [-0.39, 0.29) is 29.9 Å². The number of thiazole rings is 1. The largest absolute Gasteiger partial charge is 0.503 e. The predicted octanol–water partition coefficient (Wildman–Crippen LogP) is 1.83. The van der Waals surface area contributed by atoms with Gasteiger partial charge < -0.3 is 19.9 Å². The average molecular weight is 428 g/mol. The summed E-state index contributed by atoms with van der Waals surface area (Å²) >= 11 is 1.26. The van der Waals surface area contributed by atoms with Crippen molar-refractivity contribution in [1.82, 2.24) is 19.8 Å². The maximum Gasteiger partial charge on any atom is 0.274 e. The van der Waals surface area contributed by atoms with Gasteiger partial charge in [-0.3, -0.25) is 14.4 Å². The van der Waals surface area contributed by atoms with Crippen molar-refractivity contribution < 1.29 is 19.1 Å². The van der Waals surface area contributed by atoms with Gasteiger partial charge in [-0.15, -0.1) is 11.3 Å². The second kappa shape index (κ2) is 7.71. The monoisotopic (exact) mass is 428 g/mol. The number of fused-ring (bicyclic) bond motifs is 1. The highest BCUT2D eigenvalue weighted by atomic mass is 32.1. The van der Waals surface area contributed by atoms with Gasteiger partial charge in [0.15, 0.2) is 11.4 Å². The number of nitrogens with one attached hydrogen (secondary N) is 1.